The summed E-state index contributed by atoms with van der Waals surface area (Å²) < 4.78 is 9.74. The average molecular weight is 250 g/mol. The molecule has 1 unspecified atom stereocenters. The Morgan fingerprint density at radius 2 is 2.17 bits per heavy atom. The second-order valence-corrected chi connectivity index (χ2v) is 3.90. The van der Waals surface area contributed by atoms with Gasteiger partial charge in [0.25, 0.3) is 0 Å². The molecule has 1 N–H and O–H groups in total. The van der Waals surface area contributed by atoms with E-state index in [0.717, 1.165) is 16.9 Å². The number of hydrogen-bond donors (Lipinski definition) is 1. The van der Waals surface area contributed by atoms with Crippen LogP contribution in [0.3, 0.4) is 0 Å². The molecule has 0 aliphatic heterocycles. The Labute approximate surface area is 107 Å². The van der Waals surface area contributed by atoms with E-state index in [9.17, 15) is 9.90 Å². The molecule has 4 nitrogen and oxygen atoms in total. The fourth-order valence-corrected chi connectivity index (χ4v) is 1.61. The number of ether oxygens (including phenoxy) is 2. The number of aliphatic hydroxyl groups is 1. The number of esters is 1. The van der Waals surface area contributed by atoms with Crippen molar-refractivity contribution >= 4 is 5.97 Å². The third-order valence-electron chi connectivity index (χ3n) is 2.72. The molecule has 98 valence electrons. The van der Waals surface area contributed by atoms with Gasteiger partial charge in [0.15, 0.2) is 0 Å². The molecular weight excluding hydrogens is 232 g/mol. The van der Waals surface area contributed by atoms with Crippen LogP contribution in [-0.4, -0.2) is 31.9 Å². The van der Waals surface area contributed by atoms with Gasteiger partial charge in [0.05, 0.1) is 20.8 Å². The minimum Gasteiger partial charge on any atom is -0.496 e. The van der Waals surface area contributed by atoms with Crippen LogP contribution in [0, 0.1) is 6.92 Å². The third kappa shape index (κ3) is 3.60. The van der Waals surface area contributed by atoms with Gasteiger partial charge < -0.3 is 14.6 Å². The number of rotatable bonds is 5. The second-order valence-electron chi connectivity index (χ2n) is 3.90. The largest absolute Gasteiger partial charge is 0.496 e. The maximum absolute atomic E-state index is 11.0. The van der Waals surface area contributed by atoms with E-state index in [1.165, 1.54) is 13.2 Å². The topological polar surface area (TPSA) is 55.8 Å². The minimum atomic E-state index is -0.437. The lowest BCUT2D eigenvalue weighted by Gasteiger charge is -2.12. The van der Waals surface area contributed by atoms with Crippen LogP contribution in [0.4, 0.5) is 0 Å². The first-order chi connectivity index (χ1) is 8.62. The first-order valence-electron chi connectivity index (χ1n) is 5.64. The molecule has 1 atom stereocenters. The fraction of sp³-hybridized carbons (Fsp3) is 0.357. The summed E-state index contributed by atoms with van der Waals surface area (Å²) in [5.41, 5.74) is 1.91. The first kappa shape index (κ1) is 14.3. The number of aryl methyl sites for hydroxylation is 1. The predicted molar refractivity (Wildman–Crippen MR) is 68.7 cm³/mol. The van der Waals surface area contributed by atoms with Crippen molar-refractivity contribution in [2.45, 2.75) is 12.8 Å². The molecule has 0 fully saturated rings. The molecular formula is C14H18O4. The first-order valence-corrected chi connectivity index (χ1v) is 5.64. The highest BCUT2D eigenvalue weighted by molar-refractivity contribution is 5.81. The van der Waals surface area contributed by atoms with Crippen molar-refractivity contribution in [2.24, 2.45) is 0 Å². The van der Waals surface area contributed by atoms with E-state index in [1.807, 2.05) is 25.1 Å². The Hall–Kier alpha value is -1.81. The molecule has 1 aromatic rings. The van der Waals surface area contributed by atoms with Crippen LogP contribution in [-0.2, 0) is 9.53 Å². The monoisotopic (exact) mass is 250 g/mol. The van der Waals surface area contributed by atoms with E-state index in [2.05, 4.69) is 4.74 Å². The van der Waals surface area contributed by atoms with Gasteiger partial charge in [-0.05, 0) is 24.1 Å². The van der Waals surface area contributed by atoms with E-state index in [1.54, 1.807) is 13.2 Å². The van der Waals surface area contributed by atoms with Crippen LogP contribution in [0.15, 0.2) is 30.4 Å². The van der Waals surface area contributed by atoms with Gasteiger partial charge in [-0.2, -0.15) is 0 Å². The summed E-state index contributed by atoms with van der Waals surface area (Å²) in [6.07, 6.45) is 2.93. The number of carbonyl (C=O) groups excluding carboxylic acids is 1. The van der Waals surface area contributed by atoms with Gasteiger partial charge in [-0.1, -0.05) is 18.2 Å². The van der Waals surface area contributed by atoms with Crippen molar-refractivity contribution in [3.05, 3.63) is 41.5 Å². The Bertz CT molecular complexity index is 437. The Balaban J connectivity index is 2.95. The highest BCUT2D eigenvalue weighted by atomic mass is 16.5. The van der Waals surface area contributed by atoms with Gasteiger partial charge in [0.2, 0.25) is 0 Å². The third-order valence-corrected chi connectivity index (χ3v) is 2.72. The second kappa shape index (κ2) is 6.81. The normalized spacial score (nSPS) is 12.4. The van der Waals surface area contributed by atoms with Crippen molar-refractivity contribution in [2.75, 3.05) is 20.8 Å². The molecule has 0 saturated heterocycles. The summed E-state index contributed by atoms with van der Waals surface area (Å²) in [6, 6.07) is 5.68. The predicted octanol–water partition coefficient (Wildman–Crippen LogP) is 1.81. The van der Waals surface area contributed by atoms with Crippen LogP contribution < -0.4 is 4.74 Å². The van der Waals surface area contributed by atoms with E-state index in [4.69, 9.17) is 4.74 Å². The summed E-state index contributed by atoms with van der Waals surface area (Å²) in [4.78, 5) is 11.0. The molecule has 0 saturated carbocycles. The highest BCUT2D eigenvalue weighted by Crippen LogP contribution is 2.25. The van der Waals surface area contributed by atoms with Crippen LogP contribution in [0.5, 0.6) is 5.75 Å². The lowest BCUT2D eigenvalue weighted by atomic mass is 9.98. The Morgan fingerprint density at radius 3 is 2.72 bits per heavy atom. The van der Waals surface area contributed by atoms with Crippen LogP contribution in [0.25, 0.3) is 0 Å². The van der Waals surface area contributed by atoms with E-state index in [0.29, 0.717) is 0 Å². The highest BCUT2D eigenvalue weighted by Gasteiger charge is 2.10. The molecule has 0 heterocycles. The minimum absolute atomic E-state index is 0.0836. The number of aliphatic hydroxyl groups excluding tert-OH is 1. The van der Waals surface area contributed by atoms with Gasteiger partial charge in [0.1, 0.15) is 5.75 Å². The SMILES string of the molecule is COC(=O)/C=C/C(CO)c1ccc(C)c(OC)c1. The molecule has 0 radical (unpaired) electrons. The van der Waals surface area contributed by atoms with Crippen LogP contribution in [0.2, 0.25) is 0 Å². The molecule has 0 aliphatic carbocycles. The standard InChI is InChI=1S/C14H18O4/c1-10-4-5-11(8-13(10)17-2)12(9-15)6-7-14(16)18-3/h4-8,12,15H,9H2,1-3H3/b7-6+. The molecule has 1 aromatic carbocycles. The maximum atomic E-state index is 11.0. The van der Waals surface area contributed by atoms with Gasteiger partial charge in [-0.3, -0.25) is 0 Å². The van der Waals surface area contributed by atoms with Gasteiger partial charge >= 0.3 is 5.97 Å². The Kier molecular flexibility index (Phi) is 5.39. The zero-order valence-electron chi connectivity index (χ0n) is 10.8. The van der Waals surface area contributed by atoms with Crippen LogP contribution >= 0.6 is 0 Å². The lowest BCUT2D eigenvalue weighted by Crippen LogP contribution is -2.03. The molecule has 4 heteroatoms. The molecule has 0 amide bonds. The summed E-state index contributed by atoms with van der Waals surface area (Å²) in [7, 11) is 2.92. The van der Waals surface area contributed by atoms with E-state index >= 15 is 0 Å². The summed E-state index contributed by atoms with van der Waals surface area (Å²) >= 11 is 0. The number of carbonyl (C=O) groups is 1. The van der Waals surface area contributed by atoms with Crippen molar-refractivity contribution in [1.82, 2.24) is 0 Å². The number of hydrogen-bond acceptors (Lipinski definition) is 4. The Morgan fingerprint density at radius 1 is 1.44 bits per heavy atom. The van der Waals surface area contributed by atoms with Crippen molar-refractivity contribution in [1.29, 1.82) is 0 Å². The number of benzene rings is 1. The summed E-state index contributed by atoms with van der Waals surface area (Å²) in [6.45, 7) is 1.86. The van der Waals surface area contributed by atoms with Crippen molar-refractivity contribution in [3.63, 3.8) is 0 Å². The molecule has 0 aromatic heterocycles. The van der Waals surface area contributed by atoms with Crippen molar-refractivity contribution in [3.8, 4) is 5.75 Å². The average Bonchev–Trinajstić information content (AvgIpc) is 2.40. The number of methoxy groups -OCH3 is 2. The smallest absolute Gasteiger partial charge is 0.330 e. The van der Waals surface area contributed by atoms with E-state index in [-0.39, 0.29) is 12.5 Å². The molecule has 0 spiro atoms. The van der Waals surface area contributed by atoms with Crippen molar-refractivity contribution < 1.29 is 19.4 Å². The zero-order valence-corrected chi connectivity index (χ0v) is 10.8. The van der Waals surface area contributed by atoms with Gasteiger partial charge in [0, 0.05) is 12.0 Å². The quantitative estimate of drug-likeness (QED) is 0.639. The zero-order chi connectivity index (χ0) is 13.5. The summed E-state index contributed by atoms with van der Waals surface area (Å²) in [5.74, 6) is 0.0727. The van der Waals surface area contributed by atoms with E-state index < -0.39 is 5.97 Å². The molecule has 1 rings (SSSR count). The summed E-state index contributed by atoms with van der Waals surface area (Å²) in [5, 5.41) is 9.35. The van der Waals surface area contributed by atoms with Gasteiger partial charge in [-0.15, -0.1) is 0 Å². The maximum Gasteiger partial charge on any atom is 0.330 e. The molecule has 0 aliphatic rings. The van der Waals surface area contributed by atoms with Gasteiger partial charge in [-0.25, -0.2) is 4.79 Å². The fourth-order valence-electron chi connectivity index (χ4n) is 1.61. The lowest BCUT2D eigenvalue weighted by molar-refractivity contribution is -0.134. The molecule has 18 heavy (non-hydrogen) atoms. The van der Waals surface area contributed by atoms with Crippen LogP contribution in [0.1, 0.15) is 17.0 Å². The molecule has 0 bridgehead atoms.